The number of aryl methyl sites for hydroxylation is 1. The summed E-state index contributed by atoms with van der Waals surface area (Å²) < 4.78 is 13.2. The lowest BCUT2D eigenvalue weighted by molar-refractivity contribution is -0.873. The molecule has 18 nitrogen and oxygen atoms in total. The van der Waals surface area contributed by atoms with Crippen molar-refractivity contribution >= 4 is 74.5 Å². The highest BCUT2D eigenvalue weighted by molar-refractivity contribution is 8.00. The zero-order valence-electron chi connectivity index (χ0n) is 82.6. The Balaban J connectivity index is 0.000000493. The number of hydrogen-bond acceptors (Lipinski definition) is 14. The van der Waals surface area contributed by atoms with E-state index in [2.05, 4.69) is 115 Å². The number of aromatic nitrogens is 2. The lowest BCUT2D eigenvalue weighted by Crippen LogP contribution is -2.42. The molecule has 2 saturated heterocycles. The summed E-state index contributed by atoms with van der Waals surface area (Å²) in [5, 5.41) is 37.3. The summed E-state index contributed by atoms with van der Waals surface area (Å²) in [7, 11) is 6.01. The Hall–Kier alpha value is -7.06. The molecule has 0 bridgehead atoms. The molecule has 0 radical (unpaired) electrons. The third-order valence-corrected chi connectivity index (χ3v) is 24.5. The Morgan fingerprint density at radius 2 is 1.19 bits per heavy atom. The molecule has 0 spiro atoms. The molecule has 5 aromatic rings. The summed E-state index contributed by atoms with van der Waals surface area (Å²) in [6.45, 7) is 63.7. The number of amides is 2. The first kappa shape index (κ1) is 111. The van der Waals surface area contributed by atoms with E-state index < -0.39 is 23.0 Å². The largest absolute Gasteiger partial charge is 0.508 e. The Labute approximate surface area is 743 Å². The van der Waals surface area contributed by atoms with Gasteiger partial charge < -0.3 is 55.6 Å². The van der Waals surface area contributed by atoms with Crippen molar-refractivity contribution < 1.29 is 62.8 Å². The second-order valence-electron chi connectivity index (χ2n) is 43.5. The molecule has 0 aliphatic carbocycles. The standard InChI is InChI=1S/C26H42O3.C15H20N2O2.C15H21NO.C14H24N2O2S.C12H22O.C11H24NO2.C10H18O/c1-16(2)17(3)12-11-14-26(10)15-13-21-20(6)22(28-24(27)25(7,8)9)18(4)19(5)23(21)29-26;1-15(2,3)14(19)12(16)6-9-8-17-13-5-4-10(18)7-11(9)13;1-15(2,3)8-4-5-11-10-16-14-7-6-12(17)9-13(11)14;1-14(2,3)11(17)7-5-4-6-10-12-9(8-19-10)15-13(18)16-12;1-6-7-8-9-12(4,5)11(13)10(2)3;1-11(2,3)10(14)7-9(13)8-12(4,5)6;1-5-6-7-8-9(11)10(2,3)4/h16-17H,11-15H2,1-10H3;4-5,7-8,12,17-18H,6,16H2,1-3H3;6-7,9-10,16-17H,4-5,8H2,1-3H3;9-10,12H,4-8H2,1-3H3,(H2,15,16,18);7-8,10H,6,9H2,1-5H3;9,13H,7-8H2,1-6H3;6-7H,5,8H2,1-4H3/q;;;;;+1;/b;;;;8-7-;;7-6-/t;12-;;9-,10-,12-;;;/m.0.0.../s1. The maximum atomic E-state index is 12.5. The maximum absolute atomic E-state index is 12.5. The van der Waals surface area contributed by atoms with Gasteiger partial charge in [-0.25, -0.2) is 4.79 Å². The van der Waals surface area contributed by atoms with Crippen molar-refractivity contribution in [2.24, 2.45) is 61.4 Å². The van der Waals surface area contributed by atoms with Gasteiger partial charge in [0.1, 0.15) is 64.4 Å². The number of aliphatic hydroxyl groups is 1. The highest BCUT2D eigenvalue weighted by Gasteiger charge is 2.43. The van der Waals surface area contributed by atoms with E-state index in [4.69, 9.17) is 15.2 Å². The number of phenolic OH excluding ortho intramolecular Hbond substituents is 2. The summed E-state index contributed by atoms with van der Waals surface area (Å²) >= 11 is 1.94. The maximum Gasteiger partial charge on any atom is 0.316 e. The van der Waals surface area contributed by atoms with Crippen LogP contribution in [0, 0.1) is 76.4 Å². The number of likely N-dealkylation sites (N-methyl/N-ethyl adjacent to an activating group) is 1. The number of ether oxygens (including phenoxy) is 2. The molecule has 3 aromatic carbocycles. The average Bonchev–Trinajstić information content (AvgIpc) is 1.03. The van der Waals surface area contributed by atoms with Gasteiger partial charge in [0.25, 0.3) is 0 Å². The number of hydrogen-bond donors (Lipinski definition) is 8. The number of unbranched alkanes of at least 4 members (excludes halogenated alkanes) is 1. The highest BCUT2D eigenvalue weighted by atomic mass is 32.2. The van der Waals surface area contributed by atoms with E-state index in [1.807, 2.05) is 208 Å². The van der Waals surface area contributed by atoms with Crippen LogP contribution in [0.25, 0.3) is 21.8 Å². The van der Waals surface area contributed by atoms with Crippen molar-refractivity contribution in [3.05, 3.63) is 106 Å². The van der Waals surface area contributed by atoms with E-state index >= 15 is 0 Å². The molecule has 8 rings (SSSR count). The van der Waals surface area contributed by atoms with Gasteiger partial charge in [0.05, 0.1) is 44.7 Å². The van der Waals surface area contributed by atoms with Crippen LogP contribution in [0.4, 0.5) is 4.79 Å². The zero-order chi connectivity index (χ0) is 93.8. The SMILES string of the molecule is CC(C)(C)C(=O)CC(O)C[N+](C)(C)C.CC(C)(C)C(=O)CCCC[C@@H]1SC[C@@H]2NC(=O)N[C@@H]21.CC(C)(C)C(=O)[C@@H](N)Cc1c[nH]c2ccc(O)cc12.CC(C)(C)CCCc1c[nH]c2ccc(O)cc12.CC/C=C\CC(=O)C(C)(C)C.CC/C=C\CC(C)(C)C(=O)C(C)C.Cc1c(C)c2c(c(C)c1OC(=O)C(C)(C)C)CCC(C)(CCCC(C)C(C)C)O2. The van der Waals surface area contributed by atoms with Gasteiger partial charge in [0.2, 0.25) is 0 Å². The number of ketones is 5. The van der Waals surface area contributed by atoms with Gasteiger partial charge in [0, 0.05) is 103 Å². The predicted octanol–water partition coefficient (Wildman–Crippen LogP) is 23.6. The fourth-order valence-electron chi connectivity index (χ4n) is 14.3. The second-order valence-corrected chi connectivity index (χ2v) is 44.8. The number of phenols is 2. The number of nitrogens with zero attached hydrogens (tertiary/aromatic N) is 1. The molecule has 122 heavy (non-hydrogen) atoms. The van der Waals surface area contributed by atoms with Gasteiger partial charge in [-0.15, -0.1) is 0 Å². The smallest absolute Gasteiger partial charge is 0.316 e. The van der Waals surface area contributed by atoms with E-state index in [1.165, 1.54) is 36.8 Å². The summed E-state index contributed by atoms with van der Waals surface area (Å²) in [4.78, 5) is 88.6. The minimum absolute atomic E-state index is 0.0248. The zero-order valence-corrected chi connectivity index (χ0v) is 83.5. The van der Waals surface area contributed by atoms with Crippen LogP contribution in [0.15, 0.2) is 73.1 Å². The molecular formula is C103H171N6O12S+. The van der Waals surface area contributed by atoms with Crippen LogP contribution < -0.4 is 25.8 Å². The molecule has 0 saturated carbocycles. The van der Waals surface area contributed by atoms with Gasteiger partial charge in [-0.2, -0.15) is 11.8 Å². The van der Waals surface area contributed by atoms with Crippen LogP contribution in [0.3, 0.4) is 0 Å². The molecule has 3 unspecified atom stereocenters. The average molecular weight is 1720 g/mol. The Morgan fingerprint density at radius 1 is 0.656 bits per heavy atom. The molecular weight excluding hydrogens is 1550 g/mol. The number of Topliss-reactive ketones (excluding diaryl/α,β-unsaturated/α-hetero) is 5. The van der Waals surface area contributed by atoms with Crippen LogP contribution in [-0.4, -0.2) is 139 Å². The molecule has 3 aliphatic heterocycles. The lowest BCUT2D eigenvalue weighted by atomic mass is 9.79. The number of aromatic amines is 2. The predicted molar refractivity (Wildman–Crippen MR) is 512 cm³/mol. The van der Waals surface area contributed by atoms with E-state index in [-0.39, 0.29) is 75.0 Å². The fourth-order valence-corrected chi connectivity index (χ4v) is 15.9. The molecule has 7 atom stereocenters. The number of H-pyrrole nitrogens is 2. The summed E-state index contributed by atoms with van der Waals surface area (Å²) in [6, 6.07) is 10.7. The second kappa shape index (κ2) is 48.6. The monoisotopic (exact) mass is 1720 g/mol. The van der Waals surface area contributed by atoms with Gasteiger partial charge >= 0.3 is 12.0 Å². The molecule has 690 valence electrons. The number of nitrogens with one attached hydrogen (secondary N) is 4. The number of benzene rings is 3. The number of urea groups is 1. The number of esters is 1. The van der Waals surface area contributed by atoms with Crippen LogP contribution in [0.1, 0.15) is 324 Å². The van der Waals surface area contributed by atoms with Gasteiger partial charge in [-0.1, -0.05) is 203 Å². The number of aliphatic hydroxyl groups excluding tert-OH is 1. The van der Waals surface area contributed by atoms with Crippen molar-refractivity contribution in [1.82, 2.24) is 20.6 Å². The highest BCUT2D eigenvalue weighted by Crippen LogP contribution is 2.46. The summed E-state index contributed by atoms with van der Waals surface area (Å²) in [5.41, 5.74) is 13.1. The molecule has 2 aromatic heterocycles. The third kappa shape index (κ3) is 39.2. The summed E-state index contributed by atoms with van der Waals surface area (Å²) in [5.74, 6) is 5.91. The topological polar surface area (TPSA) is 280 Å². The van der Waals surface area contributed by atoms with Crippen molar-refractivity contribution in [3.8, 4) is 23.0 Å². The molecule has 5 heterocycles. The first-order valence-electron chi connectivity index (χ1n) is 45.3. The van der Waals surface area contributed by atoms with Crippen molar-refractivity contribution in [1.29, 1.82) is 0 Å². The molecule has 2 fully saturated rings. The van der Waals surface area contributed by atoms with E-state index in [9.17, 15) is 48.9 Å². The molecule has 19 heteroatoms. The molecule has 2 amide bonds. The number of quaternary nitrogens is 1. The first-order chi connectivity index (χ1) is 55.8. The van der Waals surface area contributed by atoms with Gasteiger partial charge in [-0.05, 0) is 213 Å². The summed E-state index contributed by atoms with van der Waals surface area (Å²) in [6.07, 6.45) is 28.6. The van der Waals surface area contributed by atoms with Crippen molar-refractivity contribution in [3.63, 3.8) is 0 Å². The molecule has 3 aliphatic rings. The lowest BCUT2D eigenvalue weighted by Gasteiger charge is -2.38. The number of nitrogens with two attached hydrogens (primary N) is 1. The number of rotatable bonds is 29. The van der Waals surface area contributed by atoms with Crippen molar-refractivity contribution in [2.75, 3.05) is 33.4 Å². The van der Waals surface area contributed by atoms with Crippen LogP contribution in [0.5, 0.6) is 23.0 Å². The number of allylic oxidation sites excluding steroid dienone is 4. The minimum Gasteiger partial charge on any atom is -0.508 e. The third-order valence-electron chi connectivity index (χ3n) is 23.0. The van der Waals surface area contributed by atoms with Crippen LogP contribution in [0.2, 0.25) is 0 Å². The first-order valence-corrected chi connectivity index (χ1v) is 46.4. The normalized spacial score (nSPS) is 17.5. The number of fused-ring (bicyclic) bond motifs is 4. The van der Waals surface area contributed by atoms with Crippen LogP contribution in [-0.2, 0) is 48.0 Å². The fraction of sp³-hybridized carbons (Fsp3) is 0.680. The number of carbonyl (C=O) groups is 7. The van der Waals surface area contributed by atoms with E-state index in [0.717, 1.165) is 137 Å². The minimum atomic E-state index is -0.527. The van der Waals surface area contributed by atoms with E-state index in [0.29, 0.717) is 70.1 Å². The van der Waals surface area contributed by atoms with Gasteiger partial charge in [-0.3, -0.25) is 28.8 Å². The molecule has 9 N–H and O–H groups in total. The Morgan fingerprint density at radius 3 is 1.68 bits per heavy atom. The number of aromatic hydroxyl groups is 2. The van der Waals surface area contributed by atoms with E-state index in [1.54, 1.807) is 18.2 Å². The number of thioether (sulfide) groups is 1. The van der Waals surface area contributed by atoms with Crippen LogP contribution >= 0.6 is 11.8 Å². The number of carbonyl (C=O) groups excluding carboxylic acids is 7. The Kier molecular flexibility index (Phi) is 44.2. The Bertz CT molecular complexity index is 4200. The van der Waals surface area contributed by atoms with Crippen molar-refractivity contribution in [2.45, 2.75) is 365 Å². The quantitative estimate of drug-likeness (QED) is 0.00552. The van der Waals surface area contributed by atoms with Gasteiger partial charge in [0.15, 0.2) is 5.78 Å².